The molecule has 1 atom stereocenters. The van der Waals surface area contributed by atoms with Crippen molar-refractivity contribution in [2.75, 3.05) is 14.2 Å². The van der Waals surface area contributed by atoms with Gasteiger partial charge in [-0.05, 0) is 61.0 Å². The summed E-state index contributed by atoms with van der Waals surface area (Å²) in [6, 6.07) is 18.5. The fourth-order valence-corrected chi connectivity index (χ4v) is 3.20. The summed E-state index contributed by atoms with van der Waals surface area (Å²) in [6.45, 7) is 1.86. The van der Waals surface area contributed by atoms with Crippen LogP contribution in [0.2, 0.25) is 5.02 Å². The molecule has 0 radical (unpaired) electrons. The van der Waals surface area contributed by atoms with E-state index in [-0.39, 0.29) is 5.91 Å². The Bertz CT molecular complexity index is 1200. The third kappa shape index (κ3) is 7.22. The Hall–Kier alpha value is -4.04. The van der Waals surface area contributed by atoms with Gasteiger partial charge in [-0.1, -0.05) is 29.8 Å². The molecule has 0 aromatic heterocycles. The molecule has 2 N–H and O–H groups in total. The van der Waals surface area contributed by atoms with Crippen molar-refractivity contribution in [1.29, 1.82) is 0 Å². The van der Waals surface area contributed by atoms with Crippen LogP contribution in [0.5, 0.6) is 17.2 Å². The maximum absolute atomic E-state index is 12.3. The number of carbonyl (C=O) groups excluding carboxylic acids is 2. The number of hydrogen-bond acceptors (Lipinski definition) is 6. The summed E-state index contributed by atoms with van der Waals surface area (Å²) in [7, 11) is 3.08. The zero-order chi connectivity index (χ0) is 25.2. The largest absolute Gasteiger partial charge is 0.497 e. The van der Waals surface area contributed by atoms with Crippen molar-refractivity contribution in [3.8, 4) is 17.2 Å². The second-order valence-corrected chi connectivity index (χ2v) is 7.86. The highest BCUT2D eigenvalue weighted by molar-refractivity contribution is 6.31. The molecular weight excluding hydrogens is 470 g/mol. The summed E-state index contributed by atoms with van der Waals surface area (Å²) in [5.41, 5.74) is 4.38. The van der Waals surface area contributed by atoms with Crippen molar-refractivity contribution in [2.24, 2.45) is 5.10 Å². The van der Waals surface area contributed by atoms with Gasteiger partial charge in [0.2, 0.25) is 0 Å². The molecule has 0 aliphatic carbocycles. The number of hydrazone groups is 1. The number of amides is 2. The van der Waals surface area contributed by atoms with Crippen molar-refractivity contribution in [1.82, 2.24) is 10.7 Å². The van der Waals surface area contributed by atoms with Crippen LogP contribution in [0.15, 0.2) is 71.8 Å². The van der Waals surface area contributed by atoms with Crippen LogP contribution >= 0.6 is 11.6 Å². The van der Waals surface area contributed by atoms with Gasteiger partial charge >= 0.3 is 0 Å². The third-order valence-corrected chi connectivity index (χ3v) is 5.38. The Morgan fingerprint density at radius 1 is 1.00 bits per heavy atom. The predicted octanol–water partition coefficient (Wildman–Crippen LogP) is 4.20. The number of carbonyl (C=O) groups is 2. The lowest BCUT2D eigenvalue weighted by Crippen LogP contribution is -2.43. The van der Waals surface area contributed by atoms with Gasteiger partial charge in [-0.3, -0.25) is 9.59 Å². The lowest BCUT2D eigenvalue weighted by atomic mass is 10.2. The van der Waals surface area contributed by atoms with Crippen LogP contribution in [0.25, 0.3) is 0 Å². The molecule has 1 unspecified atom stereocenters. The van der Waals surface area contributed by atoms with Crippen molar-refractivity contribution in [3.05, 3.63) is 88.4 Å². The average Bonchev–Trinajstić information content (AvgIpc) is 2.88. The molecule has 182 valence electrons. The van der Waals surface area contributed by atoms with Gasteiger partial charge in [-0.25, -0.2) is 5.43 Å². The highest BCUT2D eigenvalue weighted by Crippen LogP contribution is 2.29. The number of nitrogens with one attached hydrogen (secondary N) is 2. The maximum atomic E-state index is 12.3. The average molecular weight is 496 g/mol. The molecule has 0 spiro atoms. The van der Waals surface area contributed by atoms with Crippen LogP contribution in [0, 0.1) is 0 Å². The zero-order valence-electron chi connectivity index (χ0n) is 19.6. The Balaban J connectivity index is 1.54. The standard InChI is InChI=1S/C26H26ClN3O5/c1-17(29-26(32)19-9-11-21(33-2)12-10-19)25(31)30-28-15-18-8-13-23(24(14-18)34-3)35-16-20-6-4-5-7-22(20)27/h4-15,17H,16H2,1-3H3,(H,29,32)(H,30,31). The second kappa shape index (κ2) is 12.4. The first-order valence-electron chi connectivity index (χ1n) is 10.7. The topological polar surface area (TPSA) is 98.2 Å². The Kier molecular flexibility index (Phi) is 9.09. The number of hydrogen-bond donors (Lipinski definition) is 2. The Morgan fingerprint density at radius 3 is 2.43 bits per heavy atom. The van der Waals surface area contributed by atoms with E-state index in [1.165, 1.54) is 13.3 Å². The SMILES string of the molecule is COc1ccc(C(=O)NC(C)C(=O)NN=Cc2ccc(OCc3ccccc3Cl)c(OC)c2)cc1. The molecule has 0 fully saturated rings. The molecule has 3 rings (SSSR count). The Morgan fingerprint density at radius 2 is 1.74 bits per heavy atom. The van der Waals surface area contributed by atoms with E-state index in [0.717, 1.165) is 5.56 Å². The van der Waals surface area contributed by atoms with Gasteiger partial charge in [-0.15, -0.1) is 0 Å². The number of methoxy groups -OCH3 is 2. The molecule has 3 aromatic rings. The van der Waals surface area contributed by atoms with Crippen LogP contribution in [-0.2, 0) is 11.4 Å². The summed E-state index contributed by atoms with van der Waals surface area (Å²) >= 11 is 6.17. The van der Waals surface area contributed by atoms with E-state index in [9.17, 15) is 9.59 Å². The van der Waals surface area contributed by atoms with Gasteiger partial charge in [-0.2, -0.15) is 5.10 Å². The van der Waals surface area contributed by atoms with E-state index >= 15 is 0 Å². The molecular formula is C26H26ClN3O5. The van der Waals surface area contributed by atoms with Gasteiger partial charge in [0.1, 0.15) is 18.4 Å². The van der Waals surface area contributed by atoms with Gasteiger partial charge in [0, 0.05) is 16.1 Å². The van der Waals surface area contributed by atoms with Gasteiger partial charge in [0.05, 0.1) is 20.4 Å². The van der Waals surface area contributed by atoms with E-state index in [1.807, 2.05) is 18.2 Å². The van der Waals surface area contributed by atoms with Crippen LogP contribution < -0.4 is 25.0 Å². The van der Waals surface area contributed by atoms with E-state index in [0.29, 0.717) is 40.0 Å². The first-order valence-corrected chi connectivity index (χ1v) is 11.1. The summed E-state index contributed by atoms with van der Waals surface area (Å²) in [5.74, 6) is 0.848. The van der Waals surface area contributed by atoms with Crippen molar-refractivity contribution >= 4 is 29.6 Å². The number of benzene rings is 3. The molecule has 0 saturated heterocycles. The minimum atomic E-state index is -0.795. The van der Waals surface area contributed by atoms with Gasteiger partial charge in [0.15, 0.2) is 11.5 Å². The zero-order valence-corrected chi connectivity index (χ0v) is 20.3. The van der Waals surface area contributed by atoms with E-state index < -0.39 is 11.9 Å². The number of halogens is 1. The minimum absolute atomic E-state index is 0.291. The molecule has 0 bridgehead atoms. The van der Waals surface area contributed by atoms with Crippen molar-refractivity contribution in [2.45, 2.75) is 19.6 Å². The smallest absolute Gasteiger partial charge is 0.262 e. The fraction of sp³-hybridized carbons (Fsp3) is 0.192. The normalized spacial score (nSPS) is 11.5. The van der Waals surface area contributed by atoms with Crippen LogP contribution in [0.1, 0.15) is 28.4 Å². The second-order valence-electron chi connectivity index (χ2n) is 7.45. The van der Waals surface area contributed by atoms with Crippen LogP contribution in [-0.4, -0.2) is 38.3 Å². The van der Waals surface area contributed by atoms with Crippen molar-refractivity contribution < 1.29 is 23.8 Å². The summed E-state index contributed by atoms with van der Waals surface area (Å²) in [4.78, 5) is 24.6. The monoisotopic (exact) mass is 495 g/mol. The first kappa shape index (κ1) is 25.6. The van der Waals surface area contributed by atoms with Gasteiger partial charge < -0.3 is 19.5 Å². The molecule has 35 heavy (non-hydrogen) atoms. The van der Waals surface area contributed by atoms with Crippen LogP contribution in [0.3, 0.4) is 0 Å². The highest BCUT2D eigenvalue weighted by atomic mass is 35.5. The summed E-state index contributed by atoms with van der Waals surface area (Å²) in [5, 5.41) is 7.22. The van der Waals surface area contributed by atoms with Crippen molar-refractivity contribution in [3.63, 3.8) is 0 Å². The van der Waals surface area contributed by atoms with E-state index in [2.05, 4.69) is 15.8 Å². The first-order chi connectivity index (χ1) is 16.9. The van der Waals surface area contributed by atoms with Crippen LogP contribution in [0.4, 0.5) is 0 Å². The summed E-state index contributed by atoms with van der Waals surface area (Å²) in [6.07, 6.45) is 1.47. The quantitative estimate of drug-likeness (QED) is 0.324. The van der Waals surface area contributed by atoms with Gasteiger partial charge in [0.25, 0.3) is 11.8 Å². The summed E-state index contributed by atoms with van der Waals surface area (Å²) < 4.78 is 16.3. The highest BCUT2D eigenvalue weighted by Gasteiger charge is 2.16. The molecule has 8 nitrogen and oxygen atoms in total. The van der Waals surface area contributed by atoms with E-state index in [1.54, 1.807) is 62.6 Å². The predicted molar refractivity (Wildman–Crippen MR) is 134 cm³/mol. The molecule has 2 amide bonds. The fourth-order valence-electron chi connectivity index (χ4n) is 3.01. The lowest BCUT2D eigenvalue weighted by Gasteiger charge is -2.13. The Labute approximate surface area is 208 Å². The van der Waals surface area contributed by atoms with E-state index in [4.69, 9.17) is 25.8 Å². The molecule has 0 saturated carbocycles. The molecule has 0 aliphatic rings. The molecule has 0 aliphatic heterocycles. The number of nitrogens with zero attached hydrogens (tertiary/aromatic N) is 1. The molecule has 3 aromatic carbocycles. The minimum Gasteiger partial charge on any atom is -0.497 e. The molecule has 9 heteroatoms. The lowest BCUT2D eigenvalue weighted by molar-refractivity contribution is -0.122. The maximum Gasteiger partial charge on any atom is 0.262 e. The number of rotatable bonds is 10. The number of ether oxygens (including phenoxy) is 3. The molecule has 0 heterocycles. The third-order valence-electron chi connectivity index (χ3n) is 5.01.